The van der Waals surface area contributed by atoms with Crippen LogP contribution in [0, 0.1) is 24.2 Å². The Kier molecular flexibility index (Phi) is 7.04. The normalized spacial score (nSPS) is 14.1. The summed E-state index contributed by atoms with van der Waals surface area (Å²) in [5.41, 5.74) is 4.60. The van der Waals surface area contributed by atoms with Gasteiger partial charge in [0, 0.05) is 49.8 Å². The highest BCUT2D eigenvalue weighted by Gasteiger charge is 2.26. The molecule has 0 unspecified atom stereocenters. The smallest absolute Gasteiger partial charge is 0.225 e. The minimum Gasteiger partial charge on any atom is -0.353 e. The molecule has 1 aliphatic heterocycles. The quantitative estimate of drug-likeness (QED) is 0.737. The number of piperazine rings is 1. The average molecular weight is 406 g/mol. The first-order chi connectivity index (χ1) is 14.4. The van der Waals surface area contributed by atoms with Crippen molar-refractivity contribution in [3.8, 4) is 6.07 Å². The third-order valence-corrected chi connectivity index (χ3v) is 5.54. The van der Waals surface area contributed by atoms with Crippen LogP contribution in [0.25, 0.3) is 0 Å². The fourth-order valence-electron chi connectivity index (χ4n) is 3.98. The van der Waals surface area contributed by atoms with Gasteiger partial charge in [0.25, 0.3) is 0 Å². The van der Waals surface area contributed by atoms with E-state index in [1.54, 1.807) is 0 Å². The van der Waals surface area contributed by atoms with Crippen LogP contribution in [-0.2, 0) is 24.1 Å². The molecule has 1 fully saturated rings. The molecule has 0 saturated carbocycles. The van der Waals surface area contributed by atoms with E-state index in [4.69, 9.17) is 9.97 Å². The maximum absolute atomic E-state index is 12.4. The fourth-order valence-corrected chi connectivity index (χ4v) is 3.98. The summed E-state index contributed by atoms with van der Waals surface area (Å²) in [6.45, 7) is 11.0. The second-order valence-corrected chi connectivity index (χ2v) is 8.21. The van der Waals surface area contributed by atoms with E-state index in [2.05, 4.69) is 49.1 Å². The first-order valence-electron chi connectivity index (χ1n) is 10.8. The van der Waals surface area contributed by atoms with Crippen molar-refractivity contribution in [3.63, 3.8) is 0 Å². The molecule has 1 amide bonds. The molecule has 1 aliphatic rings. The summed E-state index contributed by atoms with van der Waals surface area (Å²) in [6.07, 6.45) is 1.76. The van der Waals surface area contributed by atoms with Gasteiger partial charge in [-0.15, -0.1) is 0 Å². The molecule has 30 heavy (non-hydrogen) atoms. The van der Waals surface area contributed by atoms with E-state index in [0.29, 0.717) is 18.9 Å². The predicted octanol–water partition coefficient (Wildman–Crippen LogP) is 3.31. The molecule has 0 atom stereocenters. The lowest BCUT2D eigenvalue weighted by molar-refractivity contribution is -0.134. The Morgan fingerprint density at radius 2 is 1.93 bits per heavy atom. The van der Waals surface area contributed by atoms with Crippen molar-refractivity contribution in [1.82, 2.24) is 14.9 Å². The number of nitrogens with zero attached hydrogens (tertiary/aromatic N) is 5. The molecule has 0 N–H and O–H groups in total. The molecule has 1 saturated heterocycles. The topological polar surface area (TPSA) is 73.1 Å². The van der Waals surface area contributed by atoms with Gasteiger partial charge in [-0.1, -0.05) is 50.6 Å². The number of hydrogen-bond donors (Lipinski definition) is 0. The maximum Gasteiger partial charge on any atom is 0.225 e. The molecule has 3 rings (SSSR count). The number of nitriles is 1. The maximum atomic E-state index is 12.4. The summed E-state index contributed by atoms with van der Waals surface area (Å²) < 4.78 is 0. The molecule has 0 radical (unpaired) electrons. The Labute approximate surface area is 179 Å². The highest BCUT2D eigenvalue weighted by Crippen LogP contribution is 2.26. The molecule has 0 aliphatic carbocycles. The molecule has 6 heteroatoms. The third-order valence-electron chi connectivity index (χ3n) is 5.54. The molecular weight excluding hydrogens is 374 g/mol. The van der Waals surface area contributed by atoms with Crippen LogP contribution >= 0.6 is 0 Å². The lowest BCUT2D eigenvalue weighted by Crippen LogP contribution is -2.50. The van der Waals surface area contributed by atoms with Crippen molar-refractivity contribution < 1.29 is 4.79 Å². The van der Waals surface area contributed by atoms with Gasteiger partial charge in [0.1, 0.15) is 11.6 Å². The third kappa shape index (κ3) is 4.96. The van der Waals surface area contributed by atoms with E-state index in [0.717, 1.165) is 43.0 Å². The van der Waals surface area contributed by atoms with Crippen LogP contribution in [-0.4, -0.2) is 47.0 Å². The summed E-state index contributed by atoms with van der Waals surface area (Å²) in [7, 11) is 0. The minimum atomic E-state index is 0.0152. The van der Waals surface area contributed by atoms with Crippen molar-refractivity contribution in [1.29, 1.82) is 5.26 Å². The molecule has 1 aromatic heterocycles. The Morgan fingerprint density at radius 3 is 2.53 bits per heavy atom. The Hall–Kier alpha value is -2.94. The molecule has 2 heterocycles. The number of carbonyl (C=O) groups excluding carboxylic acids is 1. The Balaban J connectivity index is 1.94. The molecular formula is C24H31N5O. The van der Waals surface area contributed by atoms with Crippen molar-refractivity contribution >= 4 is 11.7 Å². The fraction of sp³-hybridized carbons (Fsp3) is 0.500. The number of amides is 1. The van der Waals surface area contributed by atoms with E-state index < -0.39 is 0 Å². The summed E-state index contributed by atoms with van der Waals surface area (Å²) in [4.78, 5) is 26.1. The van der Waals surface area contributed by atoms with Crippen LogP contribution in [0.2, 0.25) is 0 Å². The Morgan fingerprint density at radius 1 is 1.20 bits per heavy atom. The van der Waals surface area contributed by atoms with Crippen molar-refractivity contribution in [2.24, 2.45) is 5.92 Å². The summed E-state index contributed by atoms with van der Waals surface area (Å²) in [5.74, 6) is 1.72. The van der Waals surface area contributed by atoms with Gasteiger partial charge < -0.3 is 9.80 Å². The highest BCUT2D eigenvalue weighted by molar-refractivity contribution is 5.78. The number of anilines is 1. The second kappa shape index (κ2) is 9.71. The monoisotopic (exact) mass is 405 g/mol. The van der Waals surface area contributed by atoms with Crippen molar-refractivity contribution in [3.05, 3.63) is 52.5 Å². The zero-order valence-electron chi connectivity index (χ0n) is 18.5. The molecule has 2 aromatic rings. The van der Waals surface area contributed by atoms with Crippen LogP contribution < -0.4 is 4.90 Å². The molecule has 1 aromatic carbocycles. The van der Waals surface area contributed by atoms with Crippen LogP contribution in [0.1, 0.15) is 49.0 Å². The predicted molar refractivity (Wildman–Crippen MR) is 118 cm³/mol. The van der Waals surface area contributed by atoms with Gasteiger partial charge in [0.15, 0.2) is 0 Å². The summed E-state index contributed by atoms with van der Waals surface area (Å²) >= 11 is 0. The number of rotatable bonds is 6. The van der Waals surface area contributed by atoms with Gasteiger partial charge in [-0.05, 0) is 18.9 Å². The standard InChI is InChI=1S/C24H31N5O/c1-5-21-20(16-19-8-6-7-18(4)15-19)23(27-22(26-21)9-10-25)28-11-13-29(14-12-28)24(30)17(2)3/h6-8,15,17H,5,9,11-14,16H2,1-4H3. The summed E-state index contributed by atoms with van der Waals surface area (Å²) in [6, 6.07) is 10.7. The molecule has 6 nitrogen and oxygen atoms in total. The number of benzene rings is 1. The van der Waals surface area contributed by atoms with E-state index in [-0.39, 0.29) is 18.2 Å². The van der Waals surface area contributed by atoms with Gasteiger partial charge in [-0.3, -0.25) is 4.79 Å². The van der Waals surface area contributed by atoms with E-state index in [9.17, 15) is 10.1 Å². The van der Waals surface area contributed by atoms with Crippen LogP contribution in [0.3, 0.4) is 0 Å². The van der Waals surface area contributed by atoms with Gasteiger partial charge in [-0.2, -0.15) is 5.26 Å². The largest absolute Gasteiger partial charge is 0.353 e. The van der Waals surface area contributed by atoms with Gasteiger partial charge in [-0.25, -0.2) is 9.97 Å². The number of carbonyl (C=O) groups is 1. The second-order valence-electron chi connectivity index (χ2n) is 8.21. The first-order valence-corrected chi connectivity index (χ1v) is 10.8. The highest BCUT2D eigenvalue weighted by atomic mass is 16.2. The minimum absolute atomic E-state index is 0.0152. The van der Waals surface area contributed by atoms with Gasteiger partial charge in [0.05, 0.1) is 12.5 Å². The van der Waals surface area contributed by atoms with Crippen LogP contribution in [0.15, 0.2) is 24.3 Å². The number of hydrogen-bond acceptors (Lipinski definition) is 5. The zero-order valence-corrected chi connectivity index (χ0v) is 18.5. The van der Waals surface area contributed by atoms with Crippen LogP contribution in [0.4, 0.5) is 5.82 Å². The van der Waals surface area contributed by atoms with E-state index in [1.165, 1.54) is 11.1 Å². The zero-order chi connectivity index (χ0) is 21.7. The lowest BCUT2D eigenvalue weighted by atomic mass is 10.00. The summed E-state index contributed by atoms with van der Waals surface area (Å²) in [5, 5.41) is 9.18. The van der Waals surface area contributed by atoms with Crippen molar-refractivity contribution in [2.45, 2.75) is 47.0 Å². The SMILES string of the molecule is CCc1nc(CC#N)nc(N2CCN(C(=O)C(C)C)CC2)c1Cc1cccc(C)c1. The van der Waals surface area contributed by atoms with Gasteiger partial charge >= 0.3 is 0 Å². The molecule has 158 valence electrons. The van der Waals surface area contributed by atoms with Crippen LogP contribution in [0.5, 0.6) is 0 Å². The Bertz CT molecular complexity index is 939. The number of aromatic nitrogens is 2. The molecule has 0 bridgehead atoms. The first kappa shape index (κ1) is 21.8. The van der Waals surface area contributed by atoms with Crippen molar-refractivity contribution in [2.75, 3.05) is 31.1 Å². The van der Waals surface area contributed by atoms with Gasteiger partial charge in [0.2, 0.25) is 5.91 Å². The molecule has 0 spiro atoms. The lowest BCUT2D eigenvalue weighted by Gasteiger charge is -2.37. The van der Waals surface area contributed by atoms with E-state index >= 15 is 0 Å². The number of aryl methyl sites for hydroxylation is 2. The van der Waals surface area contributed by atoms with E-state index in [1.807, 2.05) is 18.7 Å². The average Bonchev–Trinajstić information content (AvgIpc) is 2.74.